The summed E-state index contributed by atoms with van der Waals surface area (Å²) in [5.41, 5.74) is 0. The predicted molar refractivity (Wildman–Crippen MR) is 25.7 cm³/mol. The van der Waals surface area contributed by atoms with Gasteiger partial charge in [0.1, 0.15) is 0 Å². The molecule has 0 aliphatic rings. The van der Waals surface area contributed by atoms with E-state index in [2.05, 4.69) is 0 Å². The van der Waals surface area contributed by atoms with Crippen molar-refractivity contribution in [3.63, 3.8) is 0 Å². The van der Waals surface area contributed by atoms with Gasteiger partial charge in [-0.15, -0.1) is 0 Å². The van der Waals surface area contributed by atoms with Crippen LogP contribution in [0.3, 0.4) is 0 Å². The topological polar surface area (TPSA) is 0 Å². The van der Waals surface area contributed by atoms with Crippen LogP contribution < -0.4 is 0 Å². The summed E-state index contributed by atoms with van der Waals surface area (Å²) in [6.45, 7) is 0. The Balaban J connectivity index is 3.13. The second kappa shape index (κ2) is 1.36. The average molecular weight is 81.9 g/mol. The van der Waals surface area contributed by atoms with E-state index in [1.165, 1.54) is 0 Å². The van der Waals surface area contributed by atoms with Crippen molar-refractivity contribution in [2.75, 3.05) is 0 Å². The molecule has 0 N–H and O–H groups in total. The van der Waals surface area contributed by atoms with Crippen molar-refractivity contribution in [3.8, 4) is 0 Å². The zero-order chi connectivity index (χ0) is 3.54. The molecule has 24 valence electrons. The van der Waals surface area contributed by atoms with E-state index in [1.807, 2.05) is 23.6 Å². The first kappa shape index (κ1) is 3.10. The maximum absolute atomic E-state index is 2.04. The van der Waals surface area contributed by atoms with Crippen molar-refractivity contribution >= 4 is 17.4 Å². The molecule has 2 heteroatoms. The van der Waals surface area contributed by atoms with Crippen molar-refractivity contribution in [3.05, 3.63) is 17.4 Å². The molecule has 0 bridgehead atoms. The van der Waals surface area contributed by atoms with Gasteiger partial charge in [-0.3, -0.25) is 0 Å². The van der Waals surface area contributed by atoms with Gasteiger partial charge < -0.3 is 0 Å². The third kappa shape index (κ3) is 0.584. The minimum atomic E-state index is 1.71. The van der Waals surface area contributed by atoms with E-state index in [0.29, 0.717) is 0 Å². The Morgan fingerprint density at radius 1 is 1.60 bits per heavy atom. The molecule has 0 radical (unpaired) electrons. The van der Waals surface area contributed by atoms with Crippen LogP contribution in [-0.4, -0.2) is 6.17 Å². The summed E-state index contributed by atoms with van der Waals surface area (Å²) in [4.78, 5) is 0. The van der Waals surface area contributed by atoms with Crippen molar-refractivity contribution in [1.82, 2.24) is 0 Å². The molecule has 0 saturated heterocycles. The number of hydrogen-bond donors (Lipinski definition) is 0. The number of rotatable bonds is 0. The second-order valence-corrected chi connectivity index (χ2v) is 1.61. The van der Waals surface area contributed by atoms with Gasteiger partial charge in [-0.05, 0) is 0 Å². The molecule has 0 aliphatic carbocycles. The first-order valence-electron chi connectivity index (χ1n) is 1.47. The van der Waals surface area contributed by atoms with Gasteiger partial charge in [0.2, 0.25) is 0 Å². The fraction of sp³-hybridized carbons (Fsp3) is 0. The Morgan fingerprint density at radius 2 is 2.60 bits per heavy atom. The van der Waals surface area contributed by atoms with E-state index in [1.54, 1.807) is 11.2 Å². The van der Waals surface area contributed by atoms with Crippen molar-refractivity contribution < 1.29 is 0 Å². The molecule has 1 heterocycles. The van der Waals surface area contributed by atoms with Gasteiger partial charge in [-0.2, -0.15) is 0 Å². The molecule has 0 spiro atoms. The summed E-state index contributed by atoms with van der Waals surface area (Å²) in [5.74, 6) is 2.02. The molecular weight excluding hydrogens is 78.9 g/mol. The van der Waals surface area contributed by atoms with Crippen LogP contribution in [0.5, 0.6) is 0 Å². The monoisotopic (exact) mass is 82.0 g/mol. The van der Waals surface area contributed by atoms with Crippen LogP contribution in [0.4, 0.5) is 0 Å². The van der Waals surface area contributed by atoms with Gasteiger partial charge in [0.15, 0.2) is 0 Å². The summed E-state index contributed by atoms with van der Waals surface area (Å²) >= 11 is 1.71. The van der Waals surface area contributed by atoms with Crippen LogP contribution in [-0.2, 0) is 0 Å². The first-order chi connectivity index (χ1) is 2.50. The zero-order valence-electron chi connectivity index (χ0n) is 2.72. The van der Waals surface area contributed by atoms with Gasteiger partial charge in [-0.1, -0.05) is 0 Å². The average Bonchev–Trinajstić information content (AvgIpc) is 1.76. The summed E-state index contributed by atoms with van der Waals surface area (Å²) in [6.07, 6.45) is 2.04. The summed E-state index contributed by atoms with van der Waals surface area (Å²) in [7, 11) is 0. The van der Waals surface area contributed by atoms with Crippen molar-refractivity contribution in [2.45, 2.75) is 0 Å². The molecular formula is C3H3BS. The molecule has 0 saturated carbocycles. The van der Waals surface area contributed by atoms with E-state index in [4.69, 9.17) is 0 Å². The van der Waals surface area contributed by atoms with E-state index in [0.717, 1.165) is 0 Å². The molecule has 1 aromatic rings. The Bertz CT molecular complexity index is 63.4. The Kier molecular flexibility index (Phi) is 0.844. The maximum atomic E-state index is 2.04. The minimum absolute atomic E-state index is 1.71. The molecule has 0 aromatic carbocycles. The normalized spacial score (nSPS) is 7.20. The quantitative estimate of drug-likeness (QED) is 0.439. The van der Waals surface area contributed by atoms with Crippen molar-refractivity contribution in [1.29, 1.82) is 0 Å². The fourth-order valence-corrected chi connectivity index (χ4v) is 0.680. The van der Waals surface area contributed by atoms with Gasteiger partial charge in [-0.25, -0.2) is 0 Å². The van der Waals surface area contributed by atoms with Gasteiger partial charge >= 0.3 is 34.8 Å². The van der Waals surface area contributed by atoms with Crippen LogP contribution in [0.1, 0.15) is 0 Å². The predicted octanol–water partition coefficient (Wildman–Crippen LogP) is 1.09. The molecule has 0 fully saturated rings. The van der Waals surface area contributed by atoms with Crippen molar-refractivity contribution in [2.24, 2.45) is 0 Å². The van der Waals surface area contributed by atoms with Gasteiger partial charge in [0.25, 0.3) is 0 Å². The summed E-state index contributed by atoms with van der Waals surface area (Å²) < 4.78 is 0. The Morgan fingerprint density at radius 3 is 2.80 bits per heavy atom. The van der Waals surface area contributed by atoms with Crippen LogP contribution in [0.2, 0.25) is 0 Å². The van der Waals surface area contributed by atoms with Gasteiger partial charge in [0.05, 0.1) is 0 Å². The van der Waals surface area contributed by atoms with E-state index in [9.17, 15) is 0 Å². The van der Waals surface area contributed by atoms with Crippen LogP contribution >= 0.6 is 11.2 Å². The molecule has 0 nitrogen and oxygen atoms in total. The van der Waals surface area contributed by atoms with Crippen LogP contribution in [0.15, 0.2) is 17.4 Å². The molecule has 1 rings (SSSR count). The molecule has 0 unspecified atom stereocenters. The molecule has 5 heavy (non-hydrogen) atoms. The van der Waals surface area contributed by atoms with Crippen LogP contribution in [0, 0.1) is 0 Å². The Hall–Kier alpha value is -0.105. The first-order valence-corrected chi connectivity index (χ1v) is 2.41. The second-order valence-electron chi connectivity index (χ2n) is 0.793. The molecule has 0 atom stereocenters. The fourth-order valence-electron chi connectivity index (χ4n) is 0.227. The third-order valence-corrected chi connectivity index (χ3v) is 1.05. The standard InChI is InChI=1S/C3H3BS/c1-2-4-5-3-1/h1-3H. The third-order valence-electron chi connectivity index (χ3n) is 0.425. The van der Waals surface area contributed by atoms with E-state index < -0.39 is 0 Å². The summed E-state index contributed by atoms with van der Waals surface area (Å²) in [5, 5.41) is 2.04. The number of hydrogen-bond acceptors (Lipinski definition) is 1. The SMILES string of the molecule is b1cccs1. The van der Waals surface area contributed by atoms with E-state index in [-0.39, 0.29) is 0 Å². The van der Waals surface area contributed by atoms with E-state index >= 15 is 0 Å². The van der Waals surface area contributed by atoms with Crippen LogP contribution in [0.25, 0.3) is 0 Å². The zero-order valence-corrected chi connectivity index (χ0v) is 3.53. The van der Waals surface area contributed by atoms with Gasteiger partial charge in [0, 0.05) is 0 Å². The Labute approximate surface area is 35.6 Å². The summed E-state index contributed by atoms with van der Waals surface area (Å²) in [6, 6.07) is 2.02. The molecule has 0 aliphatic heterocycles. The molecule has 1 aromatic heterocycles. The molecule has 0 amide bonds.